The molecule has 4 rings (SSSR count). The average Bonchev–Trinajstić information content (AvgIpc) is 2.88. The van der Waals surface area contributed by atoms with Crippen LogP contribution >= 0.6 is 11.6 Å². The van der Waals surface area contributed by atoms with Gasteiger partial charge in [-0.25, -0.2) is 13.2 Å². The summed E-state index contributed by atoms with van der Waals surface area (Å²) in [6.07, 6.45) is 0. The van der Waals surface area contributed by atoms with Gasteiger partial charge in [0.1, 0.15) is 17.0 Å². The topological polar surface area (TPSA) is 139 Å². The lowest BCUT2D eigenvalue weighted by Gasteiger charge is -2.14. The maximum Gasteiger partial charge on any atom is 0.339 e. The minimum absolute atomic E-state index is 0.0561. The van der Waals surface area contributed by atoms with E-state index < -0.39 is 28.3 Å². The third-order valence-corrected chi connectivity index (χ3v) is 6.70. The molecule has 0 amide bonds. The number of ether oxygens (including phenoxy) is 3. The van der Waals surface area contributed by atoms with Crippen molar-refractivity contribution in [2.45, 2.75) is 11.6 Å². The number of rotatable bonds is 8. The highest BCUT2D eigenvalue weighted by atomic mass is 35.5. The SMILES string of the molecule is COc1cc(OC)c(NS(=O)(=O)c2cccc(C(=O)OCn3nnc4ccccc4c3=O)c2)cc1Cl. The Hall–Kier alpha value is -4.16. The van der Waals surface area contributed by atoms with E-state index in [4.69, 9.17) is 25.8 Å². The minimum atomic E-state index is -4.15. The summed E-state index contributed by atoms with van der Waals surface area (Å²) in [5.74, 6) is -0.382. The van der Waals surface area contributed by atoms with Crippen molar-refractivity contribution >= 4 is 44.2 Å². The van der Waals surface area contributed by atoms with Gasteiger partial charge < -0.3 is 14.2 Å². The summed E-state index contributed by atoms with van der Waals surface area (Å²) in [5, 5.41) is 8.15. The maximum absolute atomic E-state index is 13.0. The molecule has 0 spiro atoms. The Kier molecular flexibility index (Phi) is 7.08. The van der Waals surface area contributed by atoms with Gasteiger partial charge in [-0.3, -0.25) is 9.52 Å². The van der Waals surface area contributed by atoms with Crippen molar-refractivity contribution in [3.63, 3.8) is 0 Å². The lowest BCUT2D eigenvalue weighted by Crippen LogP contribution is -2.26. The summed E-state index contributed by atoms with van der Waals surface area (Å²) in [5.41, 5.74) is -0.0591. The standard InChI is InChI=1S/C23H19ClN4O7S/c1-33-20-12-21(34-2)19(11-17(20)24)26-36(31,32)15-7-5-6-14(10-15)23(30)35-13-28-22(29)16-8-3-4-9-18(16)25-27-28/h3-12,26H,13H2,1-2H3. The van der Waals surface area contributed by atoms with Crippen LogP contribution in [0.3, 0.4) is 0 Å². The molecule has 1 aromatic heterocycles. The molecule has 0 aliphatic rings. The van der Waals surface area contributed by atoms with Crippen molar-refractivity contribution < 1.29 is 27.4 Å². The lowest BCUT2D eigenvalue weighted by atomic mass is 10.2. The maximum atomic E-state index is 13.0. The van der Waals surface area contributed by atoms with Gasteiger partial charge in [0.2, 0.25) is 0 Å². The number of methoxy groups -OCH3 is 2. The van der Waals surface area contributed by atoms with Crippen molar-refractivity contribution in [3.8, 4) is 11.5 Å². The molecule has 4 aromatic rings. The zero-order chi connectivity index (χ0) is 25.9. The number of benzene rings is 3. The molecule has 0 saturated heterocycles. The normalized spacial score (nSPS) is 11.2. The molecule has 0 saturated carbocycles. The van der Waals surface area contributed by atoms with Gasteiger partial charge in [-0.2, -0.15) is 4.68 Å². The van der Waals surface area contributed by atoms with Gasteiger partial charge in [-0.1, -0.05) is 35.0 Å². The number of nitrogens with zero attached hydrogens (tertiary/aromatic N) is 3. The number of sulfonamides is 1. The van der Waals surface area contributed by atoms with Gasteiger partial charge in [-0.15, -0.1) is 5.10 Å². The Balaban J connectivity index is 1.54. The molecule has 0 unspecified atom stereocenters. The second-order valence-corrected chi connectivity index (χ2v) is 9.38. The van der Waals surface area contributed by atoms with Crippen LogP contribution < -0.4 is 19.8 Å². The number of carbonyl (C=O) groups is 1. The number of halogens is 1. The molecular weight excluding hydrogens is 512 g/mol. The molecule has 0 aliphatic carbocycles. The van der Waals surface area contributed by atoms with Crippen LogP contribution in [-0.2, 0) is 21.5 Å². The summed E-state index contributed by atoms with van der Waals surface area (Å²) in [4.78, 5) is 24.9. The average molecular weight is 531 g/mol. The van der Waals surface area contributed by atoms with Crippen LogP contribution in [0.25, 0.3) is 10.9 Å². The predicted molar refractivity (Wildman–Crippen MR) is 131 cm³/mol. The van der Waals surface area contributed by atoms with Gasteiger partial charge >= 0.3 is 5.97 Å². The number of hydrogen-bond acceptors (Lipinski definition) is 9. The molecule has 0 aliphatic heterocycles. The Labute approximate surface area is 210 Å². The number of anilines is 1. The Morgan fingerprint density at radius 2 is 1.78 bits per heavy atom. The van der Waals surface area contributed by atoms with Crippen LogP contribution in [0.1, 0.15) is 10.4 Å². The zero-order valence-electron chi connectivity index (χ0n) is 19.0. The fraction of sp³-hybridized carbons (Fsp3) is 0.130. The van der Waals surface area contributed by atoms with E-state index in [9.17, 15) is 18.0 Å². The quantitative estimate of drug-likeness (QED) is 0.340. The van der Waals surface area contributed by atoms with E-state index in [0.29, 0.717) is 16.7 Å². The molecule has 0 radical (unpaired) electrons. The fourth-order valence-corrected chi connectivity index (χ4v) is 4.59. The zero-order valence-corrected chi connectivity index (χ0v) is 20.5. The molecule has 0 fully saturated rings. The second-order valence-electron chi connectivity index (χ2n) is 7.29. The number of esters is 1. The van der Waals surface area contributed by atoms with Gasteiger partial charge in [-0.05, 0) is 36.4 Å². The monoisotopic (exact) mass is 530 g/mol. The van der Waals surface area contributed by atoms with Crippen molar-refractivity contribution in [2.24, 2.45) is 0 Å². The number of aromatic nitrogens is 3. The molecule has 1 heterocycles. The number of carbonyl (C=O) groups excluding carboxylic acids is 1. The molecule has 36 heavy (non-hydrogen) atoms. The number of hydrogen-bond donors (Lipinski definition) is 1. The van der Waals surface area contributed by atoms with Crippen molar-refractivity contribution in [1.82, 2.24) is 15.0 Å². The number of nitrogens with one attached hydrogen (secondary N) is 1. The van der Waals surface area contributed by atoms with E-state index in [1.807, 2.05) is 0 Å². The first-order valence-electron chi connectivity index (χ1n) is 10.3. The minimum Gasteiger partial charge on any atom is -0.495 e. The Bertz CT molecular complexity index is 1620. The first-order valence-corrected chi connectivity index (χ1v) is 12.1. The largest absolute Gasteiger partial charge is 0.495 e. The smallest absolute Gasteiger partial charge is 0.339 e. The van der Waals surface area contributed by atoms with Crippen LogP contribution in [0.4, 0.5) is 5.69 Å². The molecule has 13 heteroatoms. The summed E-state index contributed by atoms with van der Waals surface area (Å²) >= 11 is 6.12. The molecule has 11 nitrogen and oxygen atoms in total. The molecule has 1 N–H and O–H groups in total. The van der Waals surface area contributed by atoms with Crippen LogP contribution in [0.15, 0.2) is 70.4 Å². The van der Waals surface area contributed by atoms with Crippen LogP contribution in [0.2, 0.25) is 5.02 Å². The van der Waals surface area contributed by atoms with Gasteiger partial charge in [0, 0.05) is 6.07 Å². The van der Waals surface area contributed by atoms with Crippen LogP contribution in [-0.4, -0.2) is 43.6 Å². The molecular formula is C23H19ClN4O7S. The van der Waals surface area contributed by atoms with E-state index in [1.54, 1.807) is 24.3 Å². The molecule has 0 bridgehead atoms. The number of fused-ring (bicyclic) bond motifs is 1. The Morgan fingerprint density at radius 1 is 1.03 bits per heavy atom. The third-order valence-electron chi connectivity index (χ3n) is 5.05. The first kappa shape index (κ1) is 24.9. The van der Waals surface area contributed by atoms with Crippen LogP contribution in [0.5, 0.6) is 11.5 Å². The first-order chi connectivity index (χ1) is 17.2. The summed E-state index contributed by atoms with van der Waals surface area (Å²) in [6, 6.07) is 14.6. The third kappa shape index (κ3) is 5.09. The summed E-state index contributed by atoms with van der Waals surface area (Å²) in [6.45, 7) is -0.508. The second kappa shape index (κ2) is 10.2. The highest BCUT2D eigenvalue weighted by Crippen LogP contribution is 2.37. The highest BCUT2D eigenvalue weighted by Gasteiger charge is 2.20. The van der Waals surface area contributed by atoms with Crippen molar-refractivity contribution in [1.29, 1.82) is 0 Å². The predicted octanol–water partition coefficient (Wildman–Crippen LogP) is 3.08. The van der Waals surface area contributed by atoms with Gasteiger partial charge in [0.25, 0.3) is 15.6 Å². The summed E-state index contributed by atoms with van der Waals surface area (Å²) < 4.78 is 44.8. The fourth-order valence-electron chi connectivity index (χ4n) is 3.24. The van der Waals surface area contributed by atoms with E-state index in [1.165, 1.54) is 44.6 Å². The summed E-state index contributed by atoms with van der Waals surface area (Å²) in [7, 11) is -1.37. The van der Waals surface area contributed by atoms with E-state index in [0.717, 1.165) is 10.7 Å². The van der Waals surface area contributed by atoms with E-state index >= 15 is 0 Å². The van der Waals surface area contributed by atoms with Gasteiger partial charge in [0.15, 0.2) is 6.73 Å². The highest BCUT2D eigenvalue weighted by molar-refractivity contribution is 7.92. The van der Waals surface area contributed by atoms with Crippen molar-refractivity contribution in [3.05, 3.63) is 81.6 Å². The Morgan fingerprint density at radius 3 is 2.53 bits per heavy atom. The van der Waals surface area contributed by atoms with Gasteiger partial charge in [0.05, 0.1) is 40.8 Å². The molecule has 3 aromatic carbocycles. The lowest BCUT2D eigenvalue weighted by molar-refractivity contribution is 0.0336. The van der Waals surface area contributed by atoms with Crippen LogP contribution in [0, 0.1) is 0 Å². The van der Waals surface area contributed by atoms with Crippen molar-refractivity contribution in [2.75, 3.05) is 18.9 Å². The molecule has 186 valence electrons. The van der Waals surface area contributed by atoms with E-state index in [2.05, 4.69) is 15.0 Å². The van der Waals surface area contributed by atoms with E-state index in [-0.39, 0.29) is 26.9 Å². The molecule has 0 atom stereocenters.